The lowest BCUT2D eigenvalue weighted by atomic mass is 9.90. The summed E-state index contributed by atoms with van der Waals surface area (Å²) in [7, 11) is -4.20. The Morgan fingerprint density at radius 3 is 2.42 bits per heavy atom. The van der Waals surface area contributed by atoms with Crippen LogP contribution < -0.4 is 0 Å². The minimum Gasteiger partial charge on any atom is -0.368 e. The first-order valence-electron chi connectivity index (χ1n) is 12.1. The van der Waals surface area contributed by atoms with Gasteiger partial charge in [0, 0.05) is 24.0 Å². The van der Waals surface area contributed by atoms with Gasteiger partial charge in [-0.3, -0.25) is 4.90 Å². The van der Waals surface area contributed by atoms with Crippen molar-refractivity contribution in [1.29, 1.82) is 0 Å². The zero-order valence-corrected chi connectivity index (χ0v) is 20.4. The zero-order valence-electron chi connectivity index (χ0n) is 19.6. The summed E-state index contributed by atoms with van der Waals surface area (Å²) in [4.78, 5) is 15.4. The van der Waals surface area contributed by atoms with Crippen LogP contribution >= 0.6 is 0 Å². The lowest BCUT2D eigenvalue weighted by Gasteiger charge is -2.39. The van der Waals surface area contributed by atoms with Gasteiger partial charge in [-0.25, -0.2) is 18.4 Å². The van der Waals surface area contributed by atoms with Crippen LogP contribution in [0.15, 0.2) is 84.0 Å². The van der Waals surface area contributed by atoms with E-state index in [9.17, 15) is 13.5 Å². The van der Waals surface area contributed by atoms with E-state index in [1.807, 2.05) is 24.3 Å². The molecule has 3 aromatic heterocycles. The lowest BCUT2D eigenvalue weighted by molar-refractivity contribution is 0.0133. The van der Waals surface area contributed by atoms with Gasteiger partial charge in [0.25, 0.3) is 0 Å². The molecule has 0 amide bonds. The molecule has 0 bridgehead atoms. The number of nitrogens with one attached hydrogen (secondary N) is 2. The molecule has 0 saturated carbocycles. The molecule has 5 aromatic rings. The van der Waals surface area contributed by atoms with E-state index in [1.54, 1.807) is 30.6 Å². The van der Waals surface area contributed by atoms with Crippen LogP contribution in [0.3, 0.4) is 0 Å². The number of aromatic amines is 2. The predicted molar refractivity (Wildman–Crippen MR) is 138 cm³/mol. The Balaban J connectivity index is 1.40. The highest BCUT2D eigenvalue weighted by atomic mass is 32.2. The molecule has 1 atom stereocenters. The van der Waals surface area contributed by atoms with Crippen LogP contribution in [-0.4, -0.2) is 51.4 Å². The number of rotatable bonds is 6. The third-order valence-electron chi connectivity index (χ3n) is 7.23. The summed E-state index contributed by atoms with van der Waals surface area (Å²) in [5, 5.41) is 13.1. The summed E-state index contributed by atoms with van der Waals surface area (Å²) in [5.41, 5.74) is 3.05. The van der Waals surface area contributed by atoms with Crippen molar-refractivity contribution in [3.05, 3.63) is 90.5 Å². The molecule has 1 unspecified atom stereocenters. The Labute approximate surface area is 208 Å². The maximum absolute atomic E-state index is 14.1. The Kier molecular flexibility index (Phi) is 5.63. The maximum atomic E-state index is 14.1. The second-order valence-electron chi connectivity index (χ2n) is 9.39. The number of likely N-dealkylation sites (tertiary alicyclic amines) is 1. The van der Waals surface area contributed by atoms with Gasteiger partial charge in [-0.2, -0.15) is 0 Å². The van der Waals surface area contributed by atoms with Crippen molar-refractivity contribution in [2.75, 3.05) is 13.1 Å². The monoisotopic (exact) mass is 501 g/mol. The number of nitrogens with zero attached hydrogens (tertiary/aromatic N) is 3. The highest BCUT2D eigenvalue weighted by Crippen LogP contribution is 2.44. The Bertz CT molecular complexity index is 1610. The smallest absolute Gasteiger partial charge is 0.231 e. The fourth-order valence-corrected chi connectivity index (χ4v) is 7.19. The Morgan fingerprint density at radius 2 is 1.69 bits per heavy atom. The van der Waals surface area contributed by atoms with E-state index < -0.39 is 20.7 Å². The average molecular weight is 502 g/mol. The molecule has 1 aliphatic heterocycles. The number of aromatic nitrogens is 4. The molecular formula is C27H27N5O3S. The summed E-state index contributed by atoms with van der Waals surface area (Å²) in [5.74, 6) is -0.497. The first-order chi connectivity index (χ1) is 17.5. The molecule has 36 heavy (non-hydrogen) atoms. The van der Waals surface area contributed by atoms with Gasteiger partial charge in [0.05, 0.1) is 16.6 Å². The third kappa shape index (κ3) is 3.71. The van der Waals surface area contributed by atoms with E-state index in [4.69, 9.17) is 0 Å². The van der Waals surface area contributed by atoms with E-state index in [-0.39, 0.29) is 10.7 Å². The van der Waals surface area contributed by atoms with E-state index in [2.05, 4.69) is 37.0 Å². The van der Waals surface area contributed by atoms with Crippen LogP contribution in [0.25, 0.3) is 22.1 Å². The van der Waals surface area contributed by atoms with Gasteiger partial charge in [0.1, 0.15) is 11.2 Å². The SMILES string of the molecule is O=S(=O)(c1ccccc1)C(O)(c1nc2cnc3[nH]ccc3c2[nH]1)C1CCN(Cc2ccccc2)CC1. The van der Waals surface area contributed by atoms with Gasteiger partial charge in [-0.15, -0.1) is 0 Å². The molecule has 9 heteroatoms. The highest BCUT2D eigenvalue weighted by Gasteiger charge is 2.53. The molecule has 1 fully saturated rings. The molecule has 1 saturated heterocycles. The number of aliphatic hydroxyl groups is 1. The van der Waals surface area contributed by atoms with Crippen LogP contribution in [0.5, 0.6) is 0 Å². The van der Waals surface area contributed by atoms with Gasteiger partial charge in [-0.1, -0.05) is 48.5 Å². The van der Waals surface area contributed by atoms with Crippen molar-refractivity contribution >= 4 is 31.9 Å². The molecule has 6 rings (SSSR count). The van der Waals surface area contributed by atoms with E-state index in [1.165, 1.54) is 17.7 Å². The fourth-order valence-electron chi connectivity index (χ4n) is 5.29. The average Bonchev–Trinajstić information content (AvgIpc) is 3.57. The van der Waals surface area contributed by atoms with Crippen LogP contribution in [-0.2, 0) is 21.3 Å². The van der Waals surface area contributed by atoms with E-state index in [0.717, 1.165) is 11.9 Å². The van der Waals surface area contributed by atoms with Crippen LogP contribution in [0.4, 0.5) is 0 Å². The van der Waals surface area contributed by atoms with Crippen molar-refractivity contribution in [3.8, 4) is 0 Å². The number of pyridine rings is 1. The van der Waals surface area contributed by atoms with Crippen molar-refractivity contribution in [1.82, 2.24) is 24.8 Å². The quantitative estimate of drug-likeness (QED) is 0.324. The van der Waals surface area contributed by atoms with Crippen LogP contribution in [0.2, 0.25) is 0 Å². The predicted octanol–water partition coefficient (Wildman–Crippen LogP) is 3.97. The number of imidazole rings is 1. The molecule has 0 radical (unpaired) electrons. The zero-order chi connectivity index (χ0) is 24.8. The molecule has 1 aliphatic rings. The van der Waals surface area contributed by atoms with Gasteiger partial charge < -0.3 is 15.1 Å². The topological polar surface area (TPSA) is 115 Å². The van der Waals surface area contributed by atoms with Crippen molar-refractivity contribution in [2.24, 2.45) is 5.92 Å². The minimum atomic E-state index is -4.20. The van der Waals surface area contributed by atoms with Gasteiger partial charge in [0.2, 0.25) is 14.8 Å². The molecular weight excluding hydrogens is 474 g/mol. The van der Waals surface area contributed by atoms with Crippen molar-refractivity contribution in [2.45, 2.75) is 29.2 Å². The summed E-state index contributed by atoms with van der Waals surface area (Å²) < 4.78 is 28.1. The lowest BCUT2D eigenvalue weighted by Crippen LogP contribution is -2.48. The molecule has 184 valence electrons. The summed E-state index contributed by atoms with van der Waals surface area (Å²) >= 11 is 0. The summed E-state index contributed by atoms with van der Waals surface area (Å²) in [6.07, 6.45) is 4.40. The largest absolute Gasteiger partial charge is 0.368 e. The number of hydrogen-bond donors (Lipinski definition) is 3. The number of fused-ring (bicyclic) bond motifs is 3. The molecule has 4 heterocycles. The van der Waals surface area contributed by atoms with Gasteiger partial charge in [-0.05, 0) is 49.7 Å². The number of hydrogen-bond acceptors (Lipinski definition) is 6. The minimum absolute atomic E-state index is 0.0402. The molecule has 8 nitrogen and oxygen atoms in total. The van der Waals surface area contributed by atoms with Crippen molar-refractivity contribution < 1.29 is 13.5 Å². The number of benzene rings is 2. The molecule has 0 spiro atoms. The summed E-state index contributed by atoms with van der Waals surface area (Å²) in [6.45, 7) is 2.14. The third-order valence-corrected chi connectivity index (χ3v) is 9.47. The Hall–Kier alpha value is -3.53. The second-order valence-corrected chi connectivity index (χ2v) is 11.5. The molecule has 0 aliphatic carbocycles. The van der Waals surface area contributed by atoms with Crippen molar-refractivity contribution in [3.63, 3.8) is 0 Å². The Morgan fingerprint density at radius 1 is 1.00 bits per heavy atom. The van der Waals surface area contributed by atoms with Gasteiger partial charge >= 0.3 is 0 Å². The second kappa shape index (κ2) is 8.85. The standard InChI is InChI=1S/C27H27N5O3S/c33-27(36(34,35)21-9-5-2-6-10-21,20-12-15-32(16-13-20)18-19-7-3-1-4-8-19)26-30-23-17-29-25-22(11-14-28-25)24(23)31-26/h1-11,14,17,20,33H,12-13,15-16,18H2,(H,28,29)(H,30,31). The van der Waals surface area contributed by atoms with Crippen LogP contribution in [0.1, 0.15) is 24.2 Å². The molecule has 3 N–H and O–H groups in total. The van der Waals surface area contributed by atoms with Gasteiger partial charge in [0.15, 0.2) is 5.82 Å². The first kappa shape index (κ1) is 22.9. The van der Waals surface area contributed by atoms with E-state index in [0.29, 0.717) is 42.6 Å². The van der Waals surface area contributed by atoms with E-state index >= 15 is 0 Å². The number of sulfone groups is 1. The van der Waals surface area contributed by atoms with Crippen LogP contribution in [0, 0.1) is 5.92 Å². The number of H-pyrrole nitrogens is 2. The summed E-state index contributed by atoms with van der Waals surface area (Å²) in [6, 6.07) is 20.2. The molecule has 2 aromatic carbocycles. The maximum Gasteiger partial charge on any atom is 0.231 e. The first-order valence-corrected chi connectivity index (χ1v) is 13.6. The number of piperidine rings is 1. The highest BCUT2D eigenvalue weighted by molar-refractivity contribution is 7.92. The fraction of sp³-hybridized carbons (Fsp3) is 0.259. The normalized spacial score (nSPS) is 17.5.